The van der Waals surface area contributed by atoms with Crippen molar-refractivity contribution in [1.82, 2.24) is 20.4 Å². The Morgan fingerprint density at radius 1 is 1.17 bits per heavy atom. The number of nitrogens with zero attached hydrogens (tertiary/aromatic N) is 3. The lowest BCUT2D eigenvalue weighted by Crippen LogP contribution is -2.45. The van der Waals surface area contributed by atoms with E-state index < -0.39 is 5.91 Å². The van der Waals surface area contributed by atoms with Crippen molar-refractivity contribution in [2.75, 3.05) is 25.0 Å². The van der Waals surface area contributed by atoms with Crippen molar-refractivity contribution in [2.24, 2.45) is 5.92 Å². The standard InChI is InChI=1S/C20H25N5O3S/c1-3-10-21-16(26)14-5-4-11-25(12-14)20(28)19-24-23-18(29-19)17(27)22-15-8-6-13(2)7-9-15/h6-9,14H,3-5,10-12H2,1-2H3,(H,21,26)(H,22,27)/t14-/m1/s1. The number of hydrogen-bond donors (Lipinski definition) is 2. The first-order valence-electron chi connectivity index (χ1n) is 9.76. The van der Waals surface area contributed by atoms with E-state index in [0.717, 1.165) is 36.2 Å². The van der Waals surface area contributed by atoms with Crippen molar-refractivity contribution in [3.8, 4) is 0 Å². The number of aryl methyl sites for hydroxylation is 1. The van der Waals surface area contributed by atoms with E-state index in [0.29, 0.717) is 25.3 Å². The summed E-state index contributed by atoms with van der Waals surface area (Å²) in [5.74, 6) is -0.915. The highest BCUT2D eigenvalue weighted by Crippen LogP contribution is 2.21. The summed E-state index contributed by atoms with van der Waals surface area (Å²) < 4.78 is 0. The van der Waals surface area contributed by atoms with E-state index in [4.69, 9.17) is 0 Å². The first-order chi connectivity index (χ1) is 14.0. The predicted octanol–water partition coefficient (Wildman–Crippen LogP) is 2.48. The second kappa shape index (κ2) is 9.60. The van der Waals surface area contributed by atoms with Crippen molar-refractivity contribution >= 4 is 34.7 Å². The third kappa shape index (κ3) is 5.38. The molecule has 0 radical (unpaired) electrons. The molecule has 2 N–H and O–H groups in total. The molecule has 1 fully saturated rings. The third-order valence-electron chi connectivity index (χ3n) is 4.74. The molecule has 0 saturated carbocycles. The van der Waals surface area contributed by atoms with E-state index in [1.54, 1.807) is 17.0 Å². The van der Waals surface area contributed by atoms with Crippen LogP contribution in [0.3, 0.4) is 0 Å². The zero-order chi connectivity index (χ0) is 20.8. The third-order valence-corrected chi connectivity index (χ3v) is 5.65. The van der Waals surface area contributed by atoms with Crippen molar-refractivity contribution in [3.05, 3.63) is 39.8 Å². The van der Waals surface area contributed by atoms with Gasteiger partial charge in [-0.3, -0.25) is 14.4 Å². The number of piperidine rings is 1. The molecule has 2 heterocycles. The first kappa shape index (κ1) is 20.9. The molecule has 1 aliphatic rings. The van der Waals surface area contributed by atoms with Gasteiger partial charge in [0, 0.05) is 25.3 Å². The van der Waals surface area contributed by atoms with Gasteiger partial charge in [0.1, 0.15) is 0 Å². The van der Waals surface area contributed by atoms with Gasteiger partial charge in [0.05, 0.1) is 5.92 Å². The molecular weight excluding hydrogens is 390 g/mol. The smallest absolute Gasteiger partial charge is 0.286 e. The lowest BCUT2D eigenvalue weighted by atomic mass is 9.97. The maximum atomic E-state index is 12.8. The van der Waals surface area contributed by atoms with Gasteiger partial charge in [-0.2, -0.15) is 0 Å². The highest BCUT2D eigenvalue weighted by molar-refractivity contribution is 7.15. The molecule has 3 amide bonds. The van der Waals surface area contributed by atoms with Gasteiger partial charge in [0.25, 0.3) is 11.8 Å². The number of carbonyl (C=O) groups is 3. The van der Waals surface area contributed by atoms with E-state index >= 15 is 0 Å². The Morgan fingerprint density at radius 2 is 1.90 bits per heavy atom. The lowest BCUT2D eigenvalue weighted by Gasteiger charge is -2.31. The number of amides is 3. The average Bonchev–Trinajstić information content (AvgIpc) is 3.23. The molecule has 3 rings (SSSR count). The minimum atomic E-state index is -0.402. The maximum Gasteiger partial charge on any atom is 0.286 e. The highest BCUT2D eigenvalue weighted by atomic mass is 32.1. The van der Waals surface area contributed by atoms with Crippen LogP contribution in [0.15, 0.2) is 24.3 Å². The summed E-state index contributed by atoms with van der Waals surface area (Å²) in [6.07, 6.45) is 2.40. The van der Waals surface area contributed by atoms with Gasteiger partial charge >= 0.3 is 0 Å². The molecule has 1 saturated heterocycles. The van der Waals surface area contributed by atoms with Crippen LogP contribution in [0, 0.1) is 12.8 Å². The summed E-state index contributed by atoms with van der Waals surface area (Å²) in [6.45, 7) is 5.53. The number of rotatable bonds is 6. The first-order valence-corrected chi connectivity index (χ1v) is 10.6. The highest BCUT2D eigenvalue weighted by Gasteiger charge is 2.30. The fraction of sp³-hybridized carbons (Fsp3) is 0.450. The van der Waals surface area contributed by atoms with Gasteiger partial charge in [-0.15, -0.1) is 10.2 Å². The number of likely N-dealkylation sites (tertiary alicyclic amines) is 1. The Kier molecular flexibility index (Phi) is 6.92. The quantitative estimate of drug-likeness (QED) is 0.754. The van der Waals surface area contributed by atoms with Crippen LogP contribution in [0.4, 0.5) is 5.69 Å². The number of anilines is 1. The number of benzene rings is 1. The van der Waals surface area contributed by atoms with Crippen molar-refractivity contribution in [1.29, 1.82) is 0 Å². The largest absolute Gasteiger partial charge is 0.356 e. The molecule has 1 aromatic heterocycles. The second-order valence-corrected chi connectivity index (χ2v) is 8.09. The van der Waals surface area contributed by atoms with Crippen LogP contribution in [0.25, 0.3) is 0 Å². The van der Waals surface area contributed by atoms with Gasteiger partial charge in [-0.1, -0.05) is 36.0 Å². The van der Waals surface area contributed by atoms with Crippen LogP contribution >= 0.6 is 11.3 Å². The maximum absolute atomic E-state index is 12.8. The predicted molar refractivity (Wildman–Crippen MR) is 111 cm³/mol. The summed E-state index contributed by atoms with van der Waals surface area (Å²) in [5, 5.41) is 13.7. The molecule has 0 spiro atoms. The molecule has 0 unspecified atom stereocenters. The molecule has 2 aromatic rings. The van der Waals surface area contributed by atoms with E-state index in [-0.39, 0.29) is 27.7 Å². The fourth-order valence-electron chi connectivity index (χ4n) is 3.13. The molecule has 1 aromatic carbocycles. The van der Waals surface area contributed by atoms with Crippen LogP contribution in [-0.2, 0) is 4.79 Å². The van der Waals surface area contributed by atoms with Crippen molar-refractivity contribution in [3.63, 3.8) is 0 Å². The lowest BCUT2D eigenvalue weighted by molar-refractivity contribution is -0.126. The topological polar surface area (TPSA) is 104 Å². The van der Waals surface area contributed by atoms with E-state index in [9.17, 15) is 14.4 Å². The molecule has 0 bridgehead atoms. The average molecular weight is 416 g/mol. The summed E-state index contributed by atoms with van der Waals surface area (Å²) in [6, 6.07) is 7.40. The van der Waals surface area contributed by atoms with E-state index in [2.05, 4.69) is 20.8 Å². The van der Waals surface area contributed by atoms with E-state index in [1.165, 1.54) is 0 Å². The summed E-state index contributed by atoms with van der Waals surface area (Å²) >= 11 is 0.963. The minimum absolute atomic E-state index is 0.0141. The molecule has 1 aliphatic heterocycles. The molecule has 29 heavy (non-hydrogen) atoms. The molecule has 1 atom stereocenters. The summed E-state index contributed by atoms with van der Waals surface area (Å²) in [7, 11) is 0. The zero-order valence-corrected chi connectivity index (χ0v) is 17.4. The molecule has 0 aliphatic carbocycles. The van der Waals surface area contributed by atoms with Gasteiger partial charge < -0.3 is 15.5 Å². The van der Waals surface area contributed by atoms with Crippen molar-refractivity contribution in [2.45, 2.75) is 33.1 Å². The Balaban J connectivity index is 1.61. The second-order valence-electron chi connectivity index (χ2n) is 7.11. The summed E-state index contributed by atoms with van der Waals surface area (Å²) in [5.41, 5.74) is 1.75. The number of nitrogens with one attached hydrogen (secondary N) is 2. The minimum Gasteiger partial charge on any atom is -0.356 e. The SMILES string of the molecule is CCCNC(=O)[C@@H]1CCCN(C(=O)c2nnc(C(=O)Nc3ccc(C)cc3)s2)C1. The van der Waals surface area contributed by atoms with E-state index in [1.807, 2.05) is 26.0 Å². The zero-order valence-electron chi connectivity index (χ0n) is 16.6. The molecule has 9 heteroatoms. The van der Waals surface area contributed by atoms with Crippen LogP contribution in [0.5, 0.6) is 0 Å². The van der Waals surface area contributed by atoms with Crippen LogP contribution in [0.2, 0.25) is 0 Å². The number of carbonyl (C=O) groups excluding carboxylic acids is 3. The molecule has 154 valence electrons. The van der Waals surface area contributed by atoms with Crippen LogP contribution in [0.1, 0.15) is 51.4 Å². The van der Waals surface area contributed by atoms with Gasteiger partial charge in [-0.25, -0.2) is 0 Å². The Bertz CT molecular complexity index is 880. The Hall–Kier alpha value is -2.81. The number of hydrogen-bond acceptors (Lipinski definition) is 6. The molecule has 8 nitrogen and oxygen atoms in total. The molecular formula is C20H25N5O3S. The van der Waals surface area contributed by atoms with Gasteiger partial charge in [0.15, 0.2) is 0 Å². The van der Waals surface area contributed by atoms with Crippen LogP contribution in [-0.4, -0.2) is 52.5 Å². The summed E-state index contributed by atoms with van der Waals surface area (Å²) in [4.78, 5) is 39.0. The van der Waals surface area contributed by atoms with Gasteiger partial charge in [0.2, 0.25) is 15.9 Å². The van der Waals surface area contributed by atoms with Gasteiger partial charge in [-0.05, 0) is 38.3 Å². The number of aromatic nitrogens is 2. The Morgan fingerprint density at radius 3 is 2.62 bits per heavy atom. The monoisotopic (exact) mass is 415 g/mol. The fourth-order valence-corrected chi connectivity index (χ4v) is 3.83. The van der Waals surface area contributed by atoms with Crippen LogP contribution < -0.4 is 10.6 Å². The normalized spacial score (nSPS) is 16.3. The Labute approximate surface area is 173 Å². The van der Waals surface area contributed by atoms with Crippen molar-refractivity contribution < 1.29 is 14.4 Å².